The highest BCUT2D eigenvalue weighted by atomic mass is 35.5. The molecule has 2 aliphatic rings. The minimum absolute atomic E-state index is 0.138. The van der Waals surface area contributed by atoms with Crippen LogP contribution in [0.2, 0.25) is 0 Å². The van der Waals surface area contributed by atoms with Gasteiger partial charge in [-0.25, -0.2) is 0 Å². The van der Waals surface area contributed by atoms with Crippen LogP contribution in [0.5, 0.6) is 0 Å². The third kappa shape index (κ3) is 0.987. The number of hydrogen-bond donors (Lipinski definition) is 1. The summed E-state index contributed by atoms with van der Waals surface area (Å²) in [6, 6.07) is -0.915. The van der Waals surface area contributed by atoms with Crippen LogP contribution in [-0.4, -0.2) is 20.8 Å². The number of fused-ring (bicyclic) bond motifs is 1. The van der Waals surface area contributed by atoms with Gasteiger partial charge >= 0.3 is 5.00 Å². The predicted octanol–water partition coefficient (Wildman–Crippen LogP) is 0.501. The fraction of sp³-hybridized carbons (Fsp3) is 0.333. The van der Waals surface area contributed by atoms with Gasteiger partial charge in [-0.15, -0.1) is 4.86 Å². The number of nitro groups is 1. The van der Waals surface area contributed by atoms with Crippen molar-refractivity contribution in [2.75, 3.05) is 0 Å². The lowest BCUT2D eigenvalue weighted by Gasteiger charge is -2.20. The summed E-state index contributed by atoms with van der Waals surface area (Å²) in [7, 11) is 0. The van der Waals surface area contributed by atoms with E-state index in [1.165, 1.54) is 18.2 Å². The van der Waals surface area contributed by atoms with Crippen LogP contribution in [0.1, 0.15) is 0 Å². The maximum absolute atomic E-state index is 11.0. The summed E-state index contributed by atoms with van der Waals surface area (Å²) in [6.45, 7) is 0. The molecule has 2 atom stereocenters. The fourth-order valence-corrected chi connectivity index (χ4v) is 1.58. The molecule has 0 aromatic rings. The van der Waals surface area contributed by atoms with Crippen molar-refractivity contribution in [1.29, 1.82) is 0 Å². The summed E-state index contributed by atoms with van der Waals surface area (Å²) in [5.74, 6) is 0. The van der Waals surface area contributed by atoms with Gasteiger partial charge in [0.2, 0.25) is 0 Å². The molecule has 0 saturated heterocycles. The first-order chi connectivity index (χ1) is 6.55. The molecule has 1 aliphatic heterocycles. The summed E-state index contributed by atoms with van der Waals surface area (Å²) < 4.78 is 0. The lowest BCUT2D eigenvalue weighted by molar-refractivity contribution is -0.536. The SMILES string of the molecule is O=[N+]([O-])C1(Cl)C=CC=C2C1NN=[N+]2[O-]. The molecule has 0 radical (unpaired) electrons. The molecule has 0 aromatic heterocycles. The molecular formula is C6H5ClN4O3. The maximum Gasteiger partial charge on any atom is 0.363 e. The maximum atomic E-state index is 11.0. The minimum atomic E-state index is -1.84. The van der Waals surface area contributed by atoms with Crippen molar-refractivity contribution in [3.63, 3.8) is 0 Å². The Morgan fingerprint density at radius 3 is 3.14 bits per heavy atom. The molecular weight excluding hydrogens is 212 g/mol. The van der Waals surface area contributed by atoms with Crippen LogP contribution in [0.15, 0.2) is 29.1 Å². The second kappa shape index (κ2) is 2.68. The van der Waals surface area contributed by atoms with E-state index < -0.39 is 16.0 Å². The smallest absolute Gasteiger partial charge is 0.363 e. The van der Waals surface area contributed by atoms with E-state index in [2.05, 4.69) is 10.6 Å². The Morgan fingerprint density at radius 2 is 2.50 bits per heavy atom. The van der Waals surface area contributed by atoms with Gasteiger partial charge in [0.1, 0.15) is 0 Å². The molecule has 74 valence electrons. The average Bonchev–Trinajstić information content (AvgIpc) is 2.50. The van der Waals surface area contributed by atoms with Crippen LogP contribution in [0.4, 0.5) is 0 Å². The van der Waals surface area contributed by atoms with Crippen molar-refractivity contribution in [1.82, 2.24) is 5.43 Å². The van der Waals surface area contributed by atoms with Crippen LogP contribution in [0, 0.1) is 15.3 Å². The molecule has 1 heterocycles. The van der Waals surface area contributed by atoms with E-state index in [1.54, 1.807) is 0 Å². The quantitative estimate of drug-likeness (QED) is 0.172. The van der Waals surface area contributed by atoms with Crippen molar-refractivity contribution < 1.29 is 9.78 Å². The Hall–Kier alpha value is -1.63. The lowest BCUT2D eigenvalue weighted by Crippen LogP contribution is -2.49. The summed E-state index contributed by atoms with van der Waals surface area (Å²) in [5.41, 5.74) is 2.46. The molecule has 0 aromatic carbocycles. The largest absolute Gasteiger partial charge is 0.691 e. The zero-order chi connectivity index (χ0) is 10.3. The molecule has 2 unspecified atom stereocenters. The van der Waals surface area contributed by atoms with Crippen molar-refractivity contribution >= 4 is 11.6 Å². The second-order valence-electron chi connectivity index (χ2n) is 2.87. The van der Waals surface area contributed by atoms with Crippen molar-refractivity contribution in [3.05, 3.63) is 39.2 Å². The second-order valence-corrected chi connectivity index (χ2v) is 3.48. The normalized spacial score (nSPS) is 34.2. The molecule has 0 spiro atoms. The Kier molecular flexibility index (Phi) is 1.71. The number of allylic oxidation sites excluding steroid dienone is 2. The van der Waals surface area contributed by atoms with Gasteiger partial charge in [0.25, 0.3) is 6.04 Å². The first-order valence-electron chi connectivity index (χ1n) is 3.72. The zero-order valence-corrected chi connectivity index (χ0v) is 7.51. The predicted molar refractivity (Wildman–Crippen MR) is 45.8 cm³/mol. The molecule has 0 bridgehead atoms. The van der Waals surface area contributed by atoms with Gasteiger partial charge in [-0.1, -0.05) is 6.08 Å². The number of hydroxylamine groups is 1. The van der Waals surface area contributed by atoms with Crippen molar-refractivity contribution in [2.24, 2.45) is 5.22 Å². The van der Waals surface area contributed by atoms with Gasteiger partial charge in [0.15, 0.2) is 5.70 Å². The van der Waals surface area contributed by atoms with Gasteiger partial charge < -0.3 is 5.21 Å². The molecule has 14 heavy (non-hydrogen) atoms. The summed E-state index contributed by atoms with van der Waals surface area (Å²) >= 11 is 5.76. The van der Waals surface area contributed by atoms with E-state index >= 15 is 0 Å². The first-order valence-corrected chi connectivity index (χ1v) is 4.10. The topological polar surface area (TPSA) is 93.6 Å². The molecule has 1 N–H and O–H groups in total. The number of halogens is 1. The number of hydrogen-bond acceptors (Lipinski definition) is 5. The first kappa shape index (κ1) is 8.95. The summed E-state index contributed by atoms with van der Waals surface area (Å²) in [5, 5.41) is 25.0. The minimum Gasteiger partial charge on any atom is -0.691 e. The number of rotatable bonds is 1. The van der Waals surface area contributed by atoms with Crippen molar-refractivity contribution in [3.8, 4) is 0 Å². The highest BCUT2D eigenvalue weighted by molar-refractivity contribution is 6.24. The van der Waals surface area contributed by atoms with E-state index in [0.717, 1.165) is 0 Å². The third-order valence-corrected chi connectivity index (χ3v) is 2.56. The van der Waals surface area contributed by atoms with Crippen LogP contribution in [0.25, 0.3) is 0 Å². The number of alkyl halides is 1. The van der Waals surface area contributed by atoms with Gasteiger partial charge in [-0.3, -0.25) is 10.1 Å². The molecule has 8 heteroatoms. The molecule has 0 saturated carbocycles. The van der Waals surface area contributed by atoms with E-state index in [-0.39, 0.29) is 10.6 Å². The van der Waals surface area contributed by atoms with Crippen LogP contribution >= 0.6 is 11.6 Å². The zero-order valence-electron chi connectivity index (χ0n) is 6.75. The summed E-state index contributed by atoms with van der Waals surface area (Å²) in [4.78, 5) is 8.50. The summed E-state index contributed by atoms with van der Waals surface area (Å²) in [6.07, 6.45) is 4.02. The van der Waals surface area contributed by atoms with E-state index in [0.29, 0.717) is 0 Å². The Bertz CT molecular complexity index is 391. The monoisotopic (exact) mass is 216 g/mol. The Morgan fingerprint density at radius 1 is 1.79 bits per heavy atom. The van der Waals surface area contributed by atoms with Crippen LogP contribution in [-0.2, 0) is 0 Å². The van der Waals surface area contributed by atoms with Gasteiger partial charge in [-0.05, 0) is 17.7 Å². The van der Waals surface area contributed by atoms with Crippen LogP contribution < -0.4 is 5.43 Å². The van der Waals surface area contributed by atoms with E-state index in [4.69, 9.17) is 11.6 Å². The highest BCUT2D eigenvalue weighted by Gasteiger charge is 2.57. The van der Waals surface area contributed by atoms with E-state index in [1.807, 2.05) is 0 Å². The number of nitrogens with zero attached hydrogens (tertiary/aromatic N) is 3. The van der Waals surface area contributed by atoms with Gasteiger partial charge in [0, 0.05) is 6.08 Å². The van der Waals surface area contributed by atoms with Crippen LogP contribution in [0.3, 0.4) is 0 Å². The van der Waals surface area contributed by atoms with E-state index in [9.17, 15) is 15.3 Å². The molecule has 1 aliphatic carbocycles. The molecule has 7 nitrogen and oxygen atoms in total. The highest BCUT2D eigenvalue weighted by Crippen LogP contribution is 2.33. The van der Waals surface area contributed by atoms with Gasteiger partial charge in [0.05, 0.1) is 10.1 Å². The molecule has 2 rings (SSSR count). The molecule has 0 fully saturated rings. The Balaban J connectivity index is 2.42. The third-order valence-electron chi connectivity index (χ3n) is 2.08. The standard InChI is InChI=1S/C6H5ClN4O3/c7-6(11(13)14)3-1-2-4-5(6)8-9-10(4)12/h1-3,5,8H. The Labute approximate surface area is 83.1 Å². The van der Waals surface area contributed by atoms with Gasteiger partial charge in [-0.2, -0.15) is 5.43 Å². The lowest BCUT2D eigenvalue weighted by atomic mass is 10.0. The average molecular weight is 217 g/mol. The molecule has 0 amide bonds. The fourth-order valence-electron chi connectivity index (χ4n) is 1.35. The number of nitrogens with one attached hydrogen (secondary N) is 1. The van der Waals surface area contributed by atoms with Crippen molar-refractivity contribution in [2.45, 2.75) is 11.0 Å².